The summed E-state index contributed by atoms with van der Waals surface area (Å²) in [5.74, 6) is 0.287. The van der Waals surface area contributed by atoms with Gasteiger partial charge in [-0.05, 0) is 37.5 Å². The van der Waals surface area contributed by atoms with Crippen molar-refractivity contribution < 1.29 is 17.9 Å². The summed E-state index contributed by atoms with van der Waals surface area (Å²) >= 11 is 1.49. The highest BCUT2D eigenvalue weighted by molar-refractivity contribution is 8.02. The van der Waals surface area contributed by atoms with Crippen molar-refractivity contribution in [2.24, 2.45) is 0 Å². The zero-order valence-corrected chi connectivity index (χ0v) is 18.2. The SMILES string of the molecule is CC(OCCCNC(=O)c1ccccc1SC1CCS(=O)(=O)C1)c1ccccc1. The number of rotatable bonds is 9. The Bertz CT molecular complexity index is 915. The summed E-state index contributed by atoms with van der Waals surface area (Å²) < 4.78 is 29.2. The molecule has 1 heterocycles. The van der Waals surface area contributed by atoms with Crippen molar-refractivity contribution >= 4 is 27.5 Å². The standard InChI is InChI=1S/C22H27NO4S2/c1-17(18-8-3-2-4-9-18)27-14-7-13-23-22(24)20-10-5-6-11-21(20)28-19-12-15-29(25,26)16-19/h2-6,8-11,17,19H,7,12-16H2,1H3,(H,23,24). The van der Waals surface area contributed by atoms with Crippen LogP contribution in [0.2, 0.25) is 0 Å². The van der Waals surface area contributed by atoms with E-state index in [0.29, 0.717) is 25.1 Å². The number of nitrogens with one attached hydrogen (secondary N) is 1. The summed E-state index contributed by atoms with van der Waals surface area (Å²) in [4.78, 5) is 13.4. The molecule has 0 aliphatic carbocycles. The monoisotopic (exact) mass is 433 g/mol. The summed E-state index contributed by atoms with van der Waals surface area (Å²) in [5.41, 5.74) is 1.73. The van der Waals surface area contributed by atoms with Crippen LogP contribution >= 0.6 is 11.8 Å². The minimum atomic E-state index is -2.93. The van der Waals surface area contributed by atoms with Crippen LogP contribution in [0, 0.1) is 0 Å². The highest BCUT2D eigenvalue weighted by Gasteiger charge is 2.29. The Morgan fingerprint density at radius 3 is 2.62 bits per heavy atom. The third kappa shape index (κ3) is 6.59. The molecule has 2 unspecified atom stereocenters. The van der Waals surface area contributed by atoms with E-state index in [0.717, 1.165) is 16.9 Å². The zero-order chi connectivity index (χ0) is 20.7. The van der Waals surface area contributed by atoms with E-state index in [9.17, 15) is 13.2 Å². The fourth-order valence-corrected chi connectivity index (χ4v) is 6.87. The molecule has 0 radical (unpaired) electrons. The van der Waals surface area contributed by atoms with Gasteiger partial charge in [-0.1, -0.05) is 42.5 Å². The Morgan fingerprint density at radius 1 is 1.17 bits per heavy atom. The van der Waals surface area contributed by atoms with E-state index in [2.05, 4.69) is 5.32 Å². The van der Waals surface area contributed by atoms with Crippen molar-refractivity contribution in [2.75, 3.05) is 24.7 Å². The second-order valence-electron chi connectivity index (χ2n) is 7.17. The van der Waals surface area contributed by atoms with Gasteiger partial charge in [0.25, 0.3) is 5.91 Å². The molecule has 3 rings (SSSR count). The first-order valence-electron chi connectivity index (χ1n) is 9.85. The molecule has 1 aliphatic rings. The van der Waals surface area contributed by atoms with Crippen LogP contribution in [-0.4, -0.2) is 44.2 Å². The molecule has 1 N–H and O–H groups in total. The third-order valence-corrected chi connectivity index (χ3v) is 8.18. The number of ether oxygens (including phenoxy) is 1. The second kappa shape index (κ2) is 10.3. The van der Waals surface area contributed by atoms with Gasteiger partial charge in [0.2, 0.25) is 0 Å². The Kier molecular flexibility index (Phi) is 7.75. The summed E-state index contributed by atoms with van der Waals surface area (Å²) in [7, 11) is -2.93. The highest BCUT2D eigenvalue weighted by Crippen LogP contribution is 2.33. The maximum Gasteiger partial charge on any atom is 0.252 e. The summed E-state index contributed by atoms with van der Waals surface area (Å²) in [6.07, 6.45) is 1.38. The molecule has 2 aromatic rings. The zero-order valence-electron chi connectivity index (χ0n) is 16.5. The number of thioether (sulfide) groups is 1. The predicted molar refractivity (Wildman–Crippen MR) is 117 cm³/mol. The van der Waals surface area contributed by atoms with E-state index in [4.69, 9.17) is 4.74 Å². The maximum absolute atomic E-state index is 12.6. The van der Waals surface area contributed by atoms with E-state index in [1.807, 2.05) is 55.5 Å². The molecule has 5 nitrogen and oxygen atoms in total. The predicted octanol–water partition coefficient (Wildman–Crippen LogP) is 3.86. The van der Waals surface area contributed by atoms with E-state index in [-0.39, 0.29) is 28.8 Å². The molecule has 1 saturated heterocycles. The lowest BCUT2D eigenvalue weighted by Crippen LogP contribution is -2.26. The van der Waals surface area contributed by atoms with Gasteiger partial charge in [0.15, 0.2) is 9.84 Å². The summed E-state index contributed by atoms with van der Waals surface area (Å²) in [6.45, 7) is 3.11. The van der Waals surface area contributed by atoms with Gasteiger partial charge in [-0.2, -0.15) is 0 Å². The Morgan fingerprint density at radius 2 is 1.90 bits per heavy atom. The van der Waals surface area contributed by atoms with Crippen molar-refractivity contribution in [1.82, 2.24) is 5.32 Å². The minimum Gasteiger partial charge on any atom is -0.374 e. The smallest absolute Gasteiger partial charge is 0.252 e. The maximum atomic E-state index is 12.6. The molecule has 7 heteroatoms. The van der Waals surface area contributed by atoms with Crippen LogP contribution in [0.5, 0.6) is 0 Å². The van der Waals surface area contributed by atoms with Crippen LogP contribution in [0.3, 0.4) is 0 Å². The average molecular weight is 434 g/mol. The molecule has 0 aromatic heterocycles. The highest BCUT2D eigenvalue weighted by atomic mass is 32.2. The quantitative estimate of drug-likeness (QED) is 0.608. The van der Waals surface area contributed by atoms with Crippen LogP contribution in [0.1, 0.15) is 41.8 Å². The molecule has 0 saturated carbocycles. The lowest BCUT2D eigenvalue weighted by Gasteiger charge is -2.14. The molecule has 1 amide bonds. The molecule has 0 spiro atoms. The van der Waals surface area contributed by atoms with Gasteiger partial charge < -0.3 is 10.1 Å². The van der Waals surface area contributed by atoms with Crippen LogP contribution in [0.4, 0.5) is 0 Å². The molecule has 0 bridgehead atoms. The number of amides is 1. The number of benzene rings is 2. The molecule has 156 valence electrons. The molecular formula is C22H27NO4S2. The molecule has 2 aromatic carbocycles. The molecule has 1 aliphatic heterocycles. The van der Waals surface area contributed by atoms with Crippen molar-refractivity contribution in [1.29, 1.82) is 0 Å². The number of hydrogen-bond donors (Lipinski definition) is 1. The summed E-state index contributed by atoms with van der Waals surface area (Å²) in [6, 6.07) is 17.4. The van der Waals surface area contributed by atoms with Gasteiger partial charge in [0, 0.05) is 23.3 Å². The fourth-order valence-electron chi connectivity index (χ4n) is 3.24. The lowest BCUT2D eigenvalue weighted by atomic mass is 10.1. The first-order chi connectivity index (χ1) is 13.9. The van der Waals surface area contributed by atoms with Crippen LogP contribution in [0.25, 0.3) is 0 Å². The van der Waals surface area contributed by atoms with Crippen LogP contribution in [0.15, 0.2) is 59.5 Å². The summed E-state index contributed by atoms with van der Waals surface area (Å²) in [5, 5.41) is 2.96. The number of carbonyl (C=O) groups excluding carboxylic acids is 1. The molecular weight excluding hydrogens is 406 g/mol. The molecule has 1 fully saturated rings. The third-order valence-electron chi connectivity index (χ3n) is 4.86. The van der Waals surface area contributed by atoms with Crippen molar-refractivity contribution in [3.05, 3.63) is 65.7 Å². The van der Waals surface area contributed by atoms with Gasteiger partial charge >= 0.3 is 0 Å². The Labute approximate surface area is 177 Å². The normalized spacial score (nSPS) is 19.0. The van der Waals surface area contributed by atoms with Gasteiger partial charge in [0.1, 0.15) is 0 Å². The van der Waals surface area contributed by atoms with Gasteiger partial charge in [-0.3, -0.25) is 4.79 Å². The topological polar surface area (TPSA) is 72.5 Å². The Balaban J connectivity index is 1.45. The Hall–Kier alpha value is -1.83. The number of hydrogen-bond acceptors (Lipinski definition) is 5. The first kappa shape index (κ1) is 21.9. The van der Waals surface area contributed by atoms with Crippen molar-refractivity contribution in [2.45, 2.75) is 36.0 Å². The fraction of sp³-hybridized carbons (Fsp3) is 0.409. The van der Waals surface area contributed by atoms with Crippen molar-refractivity contribution in [3.8, 4) is 0 Å². The lowest BCUT2D eigenvalue weighted by molar-refractivity contribution is 0.0634. The van der Waals surface area contributed by atoms with Crippen molar-refractivity contribution in [3.63, 3.8) is 0 Å². The van der Waals surface area contributed by atoms with E-state index in [1.165, 1.54) is 11.8 Å². The van der Waals surface area contributed by atoms with E-state index in [1.54, 1.807) is 6.07 Å². The first-order valence-corrected chi connectivity index (χ1v) is 12.6. The van der Waals surface area contributed by atoms with E-state index >= 15 is 0 Å². The second-order valence-corrected chi connectivity index (χ2v) is 10.7. The van der Waals surface area contributed by atoms with Gasteiger partial charge in [-0.15, -0.1) is 11.8 Å². The van der Waals surface area contributed by atoms with Crippen LogP contribution < -0.4 is 5.32 Å². The largest absolute Gasteiger partial charge is 0.374 e. The minimum absolute atomic E-state index is 0.0156. The number of sulfone groups is 1. The van der Waals surface area contributed by atoms with Gasteiger partial charge in [-0.25, -0.2) is 8.42 Å². The average Bonchev–Trinajstić information content (AvgIpc) is 3.06. The van der Waals surface area contributed by atoms with E-state index < -0.39 is 9.84 Å². The van der Waals surface area contributed by atoms with Gasteiger partial charge in [0.05, 0.1) is 23.2 Å². The molecule has 2 atom stereocenters. The molecule has 29 heavy (non-hydrogen) atoms. The van der Waals surface area contributed by atoms with Crippen LogP contribution in [-0.2, 0) is 14.6 Å². The number of carbonyl (C=O) groups is 1.